The number of hydrogen-bond donors (Lipinski definition) is 1. The smallest absolute Gasteiger partial charge is 0.307 e. The van der Waals surface area contributed by atoms with E-state index in [2.05, 4.69) is 0 Å². The highest BCUT2D eigenvalue weighted by Crippen LogP contribution is 2.33. The van der Waals surface area contributed by atoms with Gasteiger partial charge in [-0.25, -0.2) is 0 Å². The molecular weight excluding hydrogens is 242 g/mol. The monoisotopic (exact) mass is 265 g/mol. The van der Waals surface area contributed by atoms with E-state index in [4.69, 9.17) is 0 Å². The van der Waals surface area contributed by atoms with E-state index in [9.17, 15) is 14.7 Å². The SMILES string of the molecule is CC(C)N(CC1CC1)C(=O)[C@@H]1CC=CC[C@@H]1C(=O)O. The average Bonchev–Trinajstić information content (AvgIpc) is 3.18. The van der Waals surface area contributed by atoms with Crippen LogP contribution < -0.4 is 0 Å². The fourth-order valence-corrected chi connectivity index (χ4v) is 2.71. The summed E-state index contributed by atoms with van der Waals surface area (Å²) in [6, 6.07) is 0.147. The van der Waals surface area contributed by atoms with Gasteiger partial charge in [0.1, 0.15) is 0 Å². The molecule has 4 heteroatoms. The maximum absolute atomic E-state index is 12.6. The Hall–Kier alpha value is -1.32. The number of carbonyl (C=O) groups excluding carboxylic acids is 1. The molecule has 0 aromatic carbocycles. The summed E-state index contributed by atoms with van der Waals surface area (Å²) in [5.41, 5.74) is 0. The maximum atomic E-state index is 12.6. The highest BCUT2D eigenvalue weighted by Gasteiger charge is 2.38. The number of carbonyl (C=O) groups is 2. The topological polar surface area (TPSA) is 57.6 Å². The Bertz CT molecular complexity index is 385. The van der Waals surface area contributed by atoms with Crippen LogP contribution in [-0.2, 0) is 9.59 Å². The van der Waals surface area contributed by atoms with Crippen LogP contribution in [0.25, 0.3) is 0 Å². The Balaban J connectivity index is 2.09. The van der Waals surface area contributed by atoms with Crippen LogP contribution in [0.2, 0.25) is 0 Å². The first-order valence-electron chi connectivity index (χ1n) is 7.19. The van der Waals surface area contributed by atoms with Gasteiger partial charge in [0.15, 0.2) is 0 Å². The third-order valence-corrected chi connectivity index (χ3v) is 4.13. The second-order valence-electron chi connectivity index (χ2n) is 6.02. The predicted molar refractivity (Wildman–Crippen MR) is 72.6 cm³/mol. The van der Waals surface area contributed by atoms with Crippen LogP contribution in [-0.4, -0.2) is 34.5 Å². The van der Waals surface area contributed by atoms with Crippen LogP contribution in [0.3, 0.4) is 0 Å². The quantitative estimate of drug-likeness (QED) is 0.776. The van der Waals surface area contributed by atoms with Gasteiger partial charge in [-0.3, -0.25) is 9.59 Å². The lowest BCUT2D eigenvalue weighted by molar-refractivity contribution is -0.151. The molecule has 0 spiro atoms. The largest absolute Gasteiger partial charge is 0.481 e. The third kappa shape index (κ3) is 3.37. The molecule has 2 rings (SSSR count). The molecule has 106 valence electrons. The number of hydrogen-bond acceptors (Lipinski definition) is 2. The fraction of sp³-hybridized carbons (Fsp3) is 0.733. The minimum atomic E-state index is -0.849. The fourth-order valence-electron chi connectivity index (χ4n) is 2.71. The highest BCUT2D eigenvalue weighted by atomic mass is 16.4. The van der Waals surface area contributed by atoms with Gasteiger partial charge >= 0.3 is 5.97 Å². The molecule has 1 amide bonds. The van der Waals surface area contributed by atoms with Crippen LogP contribution in [0, 0.1) is 17.8 Å². The lowest BCUT2D eigenvalue weighted by Gasteiger charge is -2.33. The lowest BCUT2D eigenvalue weighted by atomic mass is 9.82. The van der Waals surface area contributed by atoms with Crippen LogP contribution >= 0.6 is 0 Å². The molecule has 2 aliphatic carbocycles. The van der Waals surface area contributed by atoms with Crippen molar-refractivity contribution in [2.24, 2.45) is 17.8 Å². The van der Waals surface area contributed by atoms with E-state index >= 15 is 0 Å². The Morgan fingerprint density at radius 3 is 2.26 bits per heavy atom. The van der Waals surface area contributed by atoms with Gasteiger partial charge < -0.3 is 10.0 Å². The van der Waals surface area contributed by atoms with Gasteiger partial charge in [0.2, 0.25) is 5.91 Å². The summed E-state index contributed by atoms with van der Waals surface area (Å²) in [5.74, 6) is -1.13. The lowest BCUT2D eigenvalue weighted by Crippen LogP contribution is -2.45. The molecule has 4 nitrogen and oxygen atoms in total. The molecule has 0 unspecified atom stereocenters. The summed E-state index contributed by atoms with van der Waals surface area (Å²) in [6.45, 7) is 4.81. The molecule has 0 bridgehead atoms. The predicted octanol–water partition coefficient (Wildman–Crippen LogP) is 2.30. The van der Waals surface area contributed by atoms with Gasteiger partial charge in [-0.05, 0) is 45.4 Å². The van der Waals surface area contributed by atoms with E-state index < -0.39 is 11.9 Å². The minimum absolute atomic E-state index is 0.0265. The van der Waals surface area contributed by atoms with Crippen molar-refractivity contribution >= 4 is 11.9 Å². The summed E-state index contributed by atoms with van der Waals surface area (Å²) < 4.78 is 0. The Morgan fingerprint density at radius 1 is 1.21 bits per heavy atom. The van der Waals surface area contributed by atoms with E-state index in [1.54, 1.807) is 0 Å². The van der Waals surface area contributed by atoms with Gasteiger partial charge in [0.05, 0.1) is 11.8 Å². The number of aliphatic carboxylic acids is 1. The molecule has 0 aromatic heterocycles. The molecular formula is C15H23NO3. The van der Waals surface area contributed by atoms with Crippen molar-refractivity contribution in [3.8, 4) is 0 Å². The van der Waals surface area contributed by atoms with E-state index in [1.165, 1.54) is 12.8 Å². The summed E-state index contributed by atoms with van der Waals surface area (Å²) in [4.78, 5) is 25.8. The van der Waals surface area contributed by atoms with Crippen LogP contribution in [0.1, 0.15) is 39.5 Å². The standard InChI is InChI=1S/C15H23NO3/c1-10(2)16(9-11-7-8-11)14(17)12-5-3-4-6-13(12)15(18)19/h3-4,10-13H,5-9H2,1-2H3,(H,18,19)/t12-,13+/m1/s1. The number of rotatable bonds is 5. The van der Waals surface area contributed by atoms with Crippen molar-refractivity contribution in [1.82, 2.24) is 4.90 Å². The van der Waals surface area contributed by atoms with E-state index in [0.29, 0.717) is 18.8 Å². The average molecular weight is 265 g/mol. The molecule has 2 aliphatic rings. The summed E-state index contributed by atoms with van der Waals surface area (Å²) in [5, 5.41) is 9.27. The molecule has 0 saturated heterocycles. The van der Waals surface area contributed by atoms with E-state index in [0.717, 1.165) is 6.54 Å². The summed E-state index contributed by atoms with van der Waals surface area (Å²) in [6.07, 6.45) is 7.25. The van der Waals surface area contributed by atoms with E-state index in [1.807, 2.05) is 30.9 Å². The van der Waals surface area contributed by atoms with Gasteiger partial charge in [0.25, 0.3) is 0 Å². The minimum Gasteiger partial charge on any atom is -0.481 e. The van der Waals surface area contributed by atoms with Gasteiger partial charge in [-0.15, -0.1) is 0 Å². The van der Waals surface area contributed by atoms with Crippen molar-refractivity contribution in [3.05, 3.63) is 12.2 Å². The van der Waals surface area contributed by atoms with Crippen LogP contribution in [0.4, 0.5) is 0 Å². The van der Waals surface area contributed by atoms with Crippen LogP contribution in [0.5, 0.6) is 0 Å². The van der Waals surface area contributed by atoms with Crippen molar-refractivity contribution in [1.29, 1.82) is 0 Å². The molecule has 2 atom stereocenters. The molecule has 1 fully saturated rings. The first kappa shape index (κ1) is 14.1. The number of carboxylic acids is 1. The van der Waals surface area contributed by atoms with Gasteiger partial charge in [0, 0.05) is 12.6 Å². The second-order valence-corrected chi connectivity index (χ2v) is 6.02. The van der Waals surface area contributed by atoms with Crippen molar-refractivity contribution in [2.75, 3.05) is 6.54 Å². The molecule has 0 aromatic rings. The zero-order valence-electron chi connectivity index (χ0n) is 11.7. The van der Waals surface area contributed by atoms with Crippen molar-refractivity contribution in [2.45, 2.75) is 45.6 Å². The molecule has 1 saturated carbocycles. The number of nitrogens with zero attached hydrogens (tertiary/aromatic N) is 1. The zero-order valence-corrected chi connectivity index (χ0v) is 11.7. The third-order valence-electron chi connectivity index (χ3n) is 4.13. The molecule has 0 heterocycles. The Morgan fingerprint density at radius 2 is 1.79 bits per heavy atom. The normalized spacial score (nSPS) is 26.5. The summed E-state index contributed by atoms with van der Waals surface area (Å²) >= 11 is 0. The number of amides is 1. The Labute approximate surface area is 114 Å². The highest BCUT2D eigenvalue weighted by molar-refractivity contribution is 5.85. The Kier molecular flexibility index (Phi) is 4.27. The van der Waals surface area contributed by atoms with Crippen LogP contribution in [0.15, 0.2) is 12.2 Å². The van der Waals surface area contributed by atoms with E-state index in [-0.39, 0.29) is 17.9 Å². The van der Waals surface area contributed by atoms with Gasteiger partial charge in [-0.2, -0.15) is 0 Å². The van der Waals surface area contributed by atoms with Gasteiger partial charge in [-0.1, -0.05) is 12.2 Å². The summed E-state index contributed by atoms with van der Waals surface area (Å²) in [7, 11) is 0. The second kappa shape index (κ2) is 5.76. The zero-order chi connectivity index (χ0) is 14.0. The molecule has 1 N–H and O–H groups in total. The number of carboxylic acid groups (broad SMARTS) is 1. The molecule has 0 radical (unpaired) electrons. The first-order valence-corrected chi connectivity index (χ1v) is 7.19. The van der Waals surface area contributed by atoms with Crippen molar-refractivity contribution < 1.29 is 14.7 Å². The number of allylic oxidation sites excluding steroid dienone is 2. The molecule has 0 aliphatic heterocycles. The molecule has 19 heavy (non-hydrogen) atoms. The maximum Gasteiger partial charge on any atom is 0.307 e. The van der Waals surface area contributed by atoms with Crippen molar-refractivity contribution in [3.63, 3.8) is 0 Å². The first-order chi connectivity index (χ1) is 9.00.